The van der Waals surface area contributed by atoms with Crippen LogP contribution < -0.4 is 0 Å². The van der Waals surface area contributed by atoms with E-state index in [-0.39, 0.29) is 0 Å². The molecule has 2 heterocycles. The van der Waals surface area contributed by atoms with Crippen molar-refractivity contribution >= 4 is 27.5 Å². The zero-order chi connectivity index (χ0) is 14.0. The van der Waals surface area contributed by atoms with Gasteiger partial charge >= 0.3 is 5.97 Å². The van der Waals surface area contributed by atoms with Crippen LogP contribution in [0.25, 0.3) is 10.2 Å². The van der Waals surface area contributed by atoms with Crippen molar-refractivity contribution in [3.05, 3.63) is 16.6 Å². The molecule has 6 nitrogen and oxygen atoms in total. The number of thiophene rings is 1. The minimum atomic E-state index is -0.899. The van der Waals surface area contributed by atoms with Crippen LogP contribution in [0.4, 0.5) is 0 Å². The highest BCUT2D eigenvalue weighted by atomic mass is 32.1. The predicted molar refractivity (Wildman–Crippen MR) is 73.8 cm³/mol. The van der Waals surface area contributed by atoms with Crippen molar-refractivity contribution < 1.29 is 14.6 Å². The van der Waals surface area contributed by atoms with Gasteiger partial charge in [-0.25, -0.2) is 4.79 Å². The van der Waals surface area contributed by atoms with Crippen molar-refractivity contribution in [1.29, 1.82) is 0 Å². The van der Waals surface area contributed by atoms with Crippen molar-refractivity contribution in [1.82, 2.24) is 14.7 Å². The van der Waals surface area contributed by atoms with E-state index in [1.165, 1.54) is 11.3 Å². The Hall–Kier alpha value is -1.44. The Morgan fingerprint density at radius 2 is 2.32 bits per heavy atom. The molecule has 0 spiro atoms. The number of nitrogens with zero attached hydrogens (tertiary/aromatic N) is 3. The van der Waals surface area contributed by atoms with Crippen molar-refractivity contribution in [3.8, 4) is 0 Å². The third-order valence-corrected chi connectivity index (χ3v) is 3.89. The van der Waals surface area contributed by atoms with Crippen molar-refractivity contribution in [2.24, 2.45) is 0 Å². The van der Waals surface area contributed by atoms with E-state index in [1.54, 1.807) is 13.2 Å². The van der Waals surface area contributed by atoms with Crippen LogP contribution >= 0.6 is 11.3 Å². The minimum Gasteiger partial charge on any atom is -0.477 e. The zero-order valence-electron chi connectivity index (χ0n) is 11.2. The Labute approximate surface area is 115 Å². The lowest BCUT2D eigenvalue weighted by Crippen LogP contribution is -2.18. The first-order valence-electron chi connectivity index (χ1n) is 5.89. The molecule has 7 heteroatoms. The van der Waals surface area contributed by atoms with E-state index in [9.17, 15) is 4.79 Å². The first-order chi connectivity index (χ1) is 9.02. The molecule has 0 aliphatic carbocycles. The zero-order valence-corrected chi connectivity index (χ0v) is 12.0. The molecule has 0 radical (unpaired) electrons. The van der Waals surface area contributed by atoms with E-state index < -0.39 is 5.97 Å². The summed E-state index contributed by atoms with van der Waals surface area (Å²) < 4.78 is 6.98. The van der Waals surface area contributed by atoms with Crippen LogP contribution in [0.3, 0.4) is 0 Å². The molecule has 0 aliphatic heterocycles. The molecule has 0 atom stereocenters. The molecule has 0 bridgehead atoms. The number of carboxylic acids is 1. The number of carboxylic acid groups (broad SMARTS) is 1. The van der Waals surface area contributed by atoms with Gasteiger partial charge in [0.05, 0.1) is 18.8 Å². The number of methoxy groups -OCH3 is 1. The smallest absolute Gasteiger partial charge is 0.345 e. The van der Waals surface area contributed by atoms with Gasteiger partial charge < -0.3 is 14.7 Å². The summed E-state index contributed by atoms with van der Waals surface area (Å²) in [6.07, 6.45) is 0. The van der Waals surface area contributed by atoms with Crippen molar-refractivity contribution in [3.63, 3.8) is 0 Å². The highest BCUT2D eigenvalue weighted by Crippen LogP contribution is 2.29. The summed E-state index contributed by atoms with van der Waals surface area (Å²) in [5.41, 5.74) is 0.792. The molecule has 0 aliphatic rings. The maximum Gasteiger partial charge on any atom is 0.345 e. The van der Waals surface area contributed by atoms with Gasteiger partial charge in [0.1, 0.15) is 9.71 Å². The molecule has 2 aromatic rings. The maximum atomic E-state index is 11.1. The number of hydrogen-bond donors (Lipinski definition) is 1. The van der Waals surface area contributed by atoms with Gasteiger partial charge in [-0.3, -0.25) is 4.68 Å². The summed E-state index contributed by atoms with van der Waals surface area (Å²) in [6, 6.07) is 1.68. The average Bonchev–Trinajstić information content (AvgIpc) is 2.88. The predicted octanol–water partition coefficient (Wildman–Crippen LogP) is 1.50. The fraction of sp³-hybridized carbons (Fsp3) is 0.500. The summed E-state index contributed by atoms with van der Waals surface area (Å²) in [4.78, 5) is 14.4. The largest absolute Gasteiger partial charge is 0.477 e. The van der Waals surface area contributed by atoms with Gasteiger partial charge in [0.25, 0.3) is 0 Å². The Bertz CT molecular complexity index is 588. The minimum absolute atomic E-state index is 0.336. The molecule has 2 rings (SSSR count). The van der Waals surface area contributed by atoms with Gasteiger partial charge in [0.2, 0.25) is 0 Å². The fourth-order valence-corrected chi connectivity index (χ4v) is 2.82. The molecule has 0 saturated heterocycles. The van der Waals surface area contributed by atoms with Crippen LogP contribution in [0, 0.1) is 0 Å². The molecule has 0 aromatic carbocycles. The summed E-state index contributed by atoms with van der Waals surface area (Å²) in [7, 11) is 5.59. The van der Waals surface area contributed by atoms with Gasteiger partial charge in [0, 0.05) is 19.0 Å². The number of likely N-dealkylation sites (N-methyl/N-ethyl adjacent to an activating group) is 1. The van der Waals surface area contributed by atoms with Gasteiger partial charge in [-0.1, -0.05) is 0 Å². The van der Waals surface area contributed by atoms with Crippen LogP contribution in [0.2, 0.25) is 0 Å². The molecule has 0 amide bonds. The molecule has 0 unspecified atom stereocenters. The van der Waals surface area contributed by atoms with E-state index in [2.05, 4.69) is 10.00 Å². The van der Waals surface area contributed by atoms with Crippen LogP contribution in [-0.4, -0.2) is 53.5 Å². The Balaban J connectivity index is 2.41. The van der Waals surface area contributed by atoms with E-state index in [1.807, 2.05) is 18.8 Å². The Morgan fingerprint density at radius 1 is 1.58 bits per heavy atom. The second-order valence-corrected chi connectivity index (χ2v) is 5.57. The normalized spacial score (nSPS) is 11.6. The summed E-state index contributed by atoms with van der Waals surface area (Å²) in [6.45, 7) is 1.97. The number of fused-ring (bicyclic) bond motifs is 1. The number of carbonyl (C=O) groups is 1. The molecule has 0 fully saturated rings. The Morgan fingerprint density at radius 3 is 2.89 bits per heavy atom. The van der Waals surface area contributed by atoms with E-state index in [0.717, 1.165) is 29.0 Å². The Kier molecular flexibility index (Phi) is 4.18. The van der Waals surface area contributed by atoms with Crippen molar-refractivity contribution in [2.75, 3.05) is 27.7 Å². The monoisotopic (exact) mass is 283 g/mol. The van der Waals surface area contributed by atoms with Crippen LogP contribution in [-0.2, 0) is 17.9 Å². The van der Waals surface area contributed by atoms with Crippen LogP contribution in [0.1, 0.15) is 15.4 Å². The number of rotatable bonds is 6. The molecule has 1 N–H and O–H groups in total. The third kappa shape index (κ3) is 2.94. The number of aromatic nitrogens is 2. The lowest BCUT2D eigenvalue weighted by Gasteiger charge is -2.09. The topological polar surface area (TPSA) is 67.6 Å². The van der Waals surface area contributed by atoms with E-state index in [0.29, 0.717) is 11.5 Å². The molecular weight excluding hydrogens is 266 g/mol. The lowest BCUT2D eigenvalue weighted by atomic mass is 10.3. The summed E-state index contributed by atoms with van der Waals surface area (Å²) in [5, 5.41) is 14.4. The molecular formula is C12H17N3O3S. The highest BCUT2D eigenvalue weighted by molar-refractivity contribution is 7.20. The summed E-state index contributed by atoms with van der Waals surface area (Å²) >= 11 is 1.26. The second-order valence-electron chi connectivity index (χ2n) is 4.54. The van der Waals surface area contributed by atoms with Crippen LogP contribution in [0.15, 0.2) is 6.07 Å². The van der Waals surface area contributed by atoms with E-state index >= 15 is 0 Å². The quantitative estimate of drug-likeness (QED) is 0.870. The van der Waals surface area contributed by atoms with Crippen molar-refractivity contribution in [2.45, 2.75) is 13.2 Å². The number of aromatic carboxylic acids is 1. The SMILES string of the molecule is COCc1nn(CCN(C)C)c2sc(C(=O)O)cc12. The fourth-order valence-electron chi connectivity index (χ4n) is 1.82. The second kappa shape index (κ2) is 5.68. The van der Waals surface area contributed by atoms with E-state index in [4.69, 9.17) is 9.84 Å². The lowest BCUT2D eigenvalue weighted by molar-refractivity contribution is 0.0702. The van der Waals surface area contributed by atoms with Gasteiger partial charge in [0.15, 0.2) is 0 Å². The number of hydrogen-bond acceptors (Lipinski definition) is 5. The van der Waals surface area contributed by atoms with Gasteiger partial charge in [-0.05, 0) is 20.2 Å². The third-order valence-electron chi connectivity index (χ3n) is 2.75. The standard InChI is InChI=1S/C12H17N3O3S/c1-14(2)4-5-15-11-8(9(13-15)7-18-3)6-10(19-11)12(16)17/h6H,4-5,7H2,1-3H3,(H,16,17). The first kappa shape index (κ1) is 14.0. The molecule has 0 saturated carbocycles. The molecule has 104 valence electrons. The maximum absolute atomic E-state index is 11.1. The molecule has 2 aromatic heterocycles. The summed E-state index contributed by atoms with van der Waals surface area (Å²) in [5.74, 6) is -0.899. The number of ether oxygens (including phenoxy) is 1. The highest BCUT2D eigenvalue weighted by Gasteiger charge is 2.17. The van der Waals surface area contributed by atoms with Gasteiger partial charge in [-0.2, -0.15) is 5.10 Å². The first-order valence-corrected chi connectivity index (χ1v) is 6.70. The molecule has 19 heavy (non-hydrogen) atoms. The van der Waals surface area contributed by atoms with Crippen LogP contribution in [0.5, 0.6) is 0 Å². The van der Waals surface area contributed by atoms with Gasteiger partial charge in [-0.15, -0.1) is 11.3 Å². The average molecular weight is 283 g/mol.